The normalized spacial score (nSPS) is 16.9. The molecule has 0 saturated carbocycles. The van der Waals surface area contributed by atoms with Crippen molar-refractivity contribution in [2.24, 2.45) is 0 Å². The molecule has 0 aromatic heterocycles. The van der Waals surface area contributed by atoms with Crippen molar-refractivity contribution in [3.05, 3.63) is 35.4 Å². The Morgan fingerprint density at radius 3 is 2.83 bits per heavy atom. The molecule has 0 bridgehead atoms. The van der Waals surface area contributed by atoms with Crippen LogP contribution in [0.5, 0.6) is 0 Å². The highest BCUT2D eigenvalue weighted by Gasteiger charge is 2.33. The van der Waals surface area contributed by atoms with Crippen LogP contribution in [0.2, 0.25) is 0 Å². The first-order chi connectivity index (χ1) is 8.74. The van der Waals surface area contributed by atoms with Gasteiger partial charge in [0.1, 0.15) is 0 Å². The number of unbranched alkanes of at least 4 members (excludes halogenated alkanes) is 2. The predicted octanol–water partition coefficient (Wildman–Crippen LogP) is 3.19. The summed E-state index contributed by atoms with van der Waals surface area (Å²) in [6, 6.07) is 8.23. The van der Waals surface area contributed by atoms with E-state index in [9.17, 15) is 4.79 Å². The smallest absolute Gasteiger partial charge is 0.230 e. The number of carbonyl (C=O) groups excluding carboxylic acids is 1. The average molecular weight is 266 g/mol. The molecule has 1 aromatic rings. The Morgan fingerprint density at radius 1 is 1.33 bits per heavy atom. The zero-order chi connectivity index (χ0) is 13.0. The van der Waals surface area contributed by atoms with Crippen LogP contribution in [0.25, 0.3) is 0 Å². The second kappa shape index (κ2) is 6.24. The van der Waals surface area contributed by atoms with Crippen molar-refractivity contribution in [1.29, 1.82) is 0 Å². The number of alkyl halides is 1. The number of nitrogens with zero attached hydrogens (tertiary/aromatic N) is 1. The second-order valence-corrected chi connectivity index (χ2v) is 5.34. The third-order valence-corrected chi connectivity index (χ3v) is 3.92. The maximum atomic E-state index is 12.3. The Morgan fingerprint density at radius 2 is 2.11 bits per heavy atom. The summed E-state index contributed by atoms with van der Waals surface area (Å²) in [5.74, 6) is 1.08. The summed E-state index contributed by atoms with van der Waals surface area (Å²) in [5.41, 5.74) is 2.54. The number of halogens is 1. The van der Waals surface area contributed by atoms with Gasteiger partial charge < -0.3 is 4.90 Å². The Labute approximate surface area is 114 Å². The minimum atomic E-state index is 0.0965. The number of carbonyl (C=O) groups is 1. The standard InChI is InChI=1S/C15H20ClNO/c1-17(10-6-2-5-9-16)15(18)14-11-12-7-3-4-8-13(12)14/h3-4,7-8,14H,2,5-6,9-11H2,1H3. The molecule has 3 heteroatoms. The van der Waals surface area contributed by atoms with E-state index in [1.165, 1.54) is 11.1 Å². The van der Waals surface area contributed by atoms with Gasteiger partial charge in [0, 0.05) is 19.5 Å². The summed E-state index contributed by atoms with van der Waals surface area (Å²) >= 11 is 5.64. The molecule has 1 amide bonds. The lowest BCUT2D eigenvalue weighted by atomic mass is 9.77. The van der Waals surface area contributed by atoms with Gasteiger partial charge in [0.05, 0.1) is 5.92 Å². The number of likely N-dealkylation sites (N-methyl/N-ethyl adjacent to an activating group) is 1. The van der Waals surface area contributed by atoms with E-state index in [0.717, 1.165) is 32.2 Å². The molecule has 1 aliphatic rings. The number of fused-ring (bicyclic) bond motifs is 1. The van der Waals surface area contributed by atoms with Gasteiger partial charge in [-0.05, 0) is 30.4 Å². The quantitative estimate of drug-likeness (QED) is 0.571. The molecule has 0 fully saturated rings. The van der Waals surface area contributed by atoms with Gasteiger partial charge in [0.25, 0.3) is 0 Å². The molecular formula is C15H20ClNO. The van der Waals surface area contributed by atoms with E-state index >= 15 is 0 Å². The van der Waals surface area contributed by atoms with Gasteiger partial charge in [-0.15, -0.1) is 11.6 Å². The molecule has 1 aliphatic carbocycles. The van der Waals surface area contributed by atoms with E-state index in [2.05, 4.69) is 12.1 Å². The monoisotopic (exact) mass is 265 g/mol. The fraction of sp³-hybridized carbons (Fsp3) is 0.533. The van der Waals surface area contributed by atoms with E-state index in [-0.39, 0.29) is 11.8 Å². The summed E-state index contributed by atoms with van der Waals surface area (Å²) < 4.78 is 0. The molecule has 0 N–H and O–H groups in total. The summed E-state index contributed by atoms with van der Waals surface area (Å²) in [6.45, 7) is 0.842. The maximum Gasteiger partial charge on any atom is 0.230 e. The fourth-order valence-corrected chi connectivity index (χ4v) is 2.66. The summed E-state index contributed by atoms with van der Waals surface area (Å²) in [7, 11) is 1.91. The number of benzene rings is 1. The van der Waals surface area contributed by atoms with Crippen LogP contribution in [-0.4, -0.2) is 30.3 Å². The van der Waals surface area contributed by atoms with Crippen molar-refractivity contribution in [1.82, 2.24) is 4.90 Å². The molecule has 0 aliphatic heterocycles. The number of rotatable bonds is 6. The Balaban J connectivity index is 1.82. The largest absolute Gasteiger partial charge is 0.345 e. The van der Waals surface area contributed by atoms with Crippen molar-refractivity contribution in [2.45, 2.75) is 31.6 Å². The Hall–Kier alpha value is -1.02. The summed E-state index contributed by atoms with van der Waals surface area (Å²) in [4.78, 5) is 14.1. The minimum absolute atomic E-state index is 0.0965. The van der Waals surface area contributed by atoms with E-state index < -0.39 is 0 Å². The van der Waals surface area contributed by atoms with Crippen LogP contribution in [0.1, 0.15) is 36.3 Å². The predicted molar refractivity (Wildman–Crippen MR) is 75.1 cm³/mol. The molecular weight excluding hydrogens is 246 g/mol. The molecule has 0 radical (unpaired) electrons. The van der Waals surface area contributed by atoms with Crippen LogP contribution in [0.3, 0.4) is 0 Å². The SMILES string of the molecule is CN(CCCCCCl)C(=O)C1Cc2ccccc21. The topological polar surface area (TPSA) is 20.3 Å². The van der Waals surface area contributed by atoms with Crippen molar-refractivity contribution < 1.29 is 4.79 Å². The van der Waals surface area contributed by atoms with Gasteiger partial charge in [-0.2, -0.15) is 0 Å². The van der Waals surface area contributed by atoms with Crippen molar-refractivity contribution in [3.63, 3.8) is 0 Å². The van der Waals surface area contributed by atoms with Crippen LogP contribution in [0.4, 0.5) is 0 Å². The molecule has 0 heterocycles. The fourth-order valence-electron chi connectivity index (χ4n) is 2.48. The second-order valence-electron chi connectivity index (χ2n) is 4.96. The van der Waals surface area contributed by atoms with Crippen LogP contribution in [-0.2, 0) is 11.2 Å². The molecule has 0 spiro atoms. The van der Waals surface area contributed by atoms with Gasteiger partial charge in [-0.1, -0.05) is 30.7 Å². The van der Waals surface area contributed by atoms with E-state index in [1.54, 1.807) is 0 Å². The van der Waals surface area contributed by atoms with E-state index in [4.69, 9.17) is 11.6 Å². The first-order valence-electron chi connectivity index (χ1n) is 6.62. The van der Waals surface area contributed by atoms with Crippen LogP contribution in [0, 0.1) is 0 Å². The minimum Gasteiger partial charge on any atom is -0.345 e. The van der Waals surface area contributed by atoms with Crippen LogP contribution >= 0.6 is 11.6 Å². The van der Waals surface area contributed by atoms with Gasteiger partial charge in [0.2, 0.25) is 5.91 Å². The lowest BCUT2D eigenvalue weighted by Crippen LogP contribution is -2.37. The van der Waals surface area contributed by atoms with Crippen LogP contribution in [0.15, 0.2) is 24.3 Å². The first-order valence-corrected chi connectivity index (χ1v) is 7.16. The molecule has 2 nitrogen and oxygen atoms in total. The lowest BCUT2D eigenvalue weighted by molar-refractivity contribution is -0.132. The Kier molecular flexibility index (Phi) is 4.65. The average Bonchev–Trinajstić information content (AvgIpc) is 2.35. The van der Waals surface area contributed by atoms with Gasteiger partial charge in [0.15, 0.2) is 0 Å². The lowest BCUT2D eigenvalue weighted by Gasteiger charge is -2.32. The molecule has 0 saturated heterocycles. The molecule has 1 unspecified atom stereocenters. The highest BCUT2D eigenvalue weighted by molar-refractivity contribution is 6.17. The van der Waals surface area contributed by atoms with Crippen molar-refractivity contribution in [2.75, 3.05) is 19.5 Å². The molecule has 98 valence electrons. The third-order valence-electron chi connectivity index (χ3n) is 3.66. The third kappa shape index (κ3) is 2.86. The maximum absolute atomic E-state index is 12.3. The van der Waals surface area contributed by atoms with Gasteiger partial charge in [-0.25, -0.2) is 0 Å². The zero-order valence-electron chi connectivity index (χ0n) is 10.9. The molecule has 2 rings (SSSR count). The van der Waals surface area contributed by atoms with Gasteiger partial charge >= 0.3 is 0 Å². The highest BCUT2D eigenvalue weighted by atomic mass is 35.5. The van der Waals surface area contributed by atoms with Crippen LogP contribution < -0.4 is 0 Å². The summed E-state index contributed by atoms with van der Waals surface area (Å²) in [5, 5.41) is 0. The highest BCUT2D eigenvalue weighted by Crippen LogP contribution is 2.35. The summed E-state index contributed by atoms with van der Waals surface area (Å²) in [6.07, 6.45) is 4.09. The van der Waals surface area contributed by atoms with E-state index in [1.807, 2.05) is 24.1 Å². The van der Waals surface area contributed by atoms with Crippen molar-refractivity contribution in [3.8, 4) is 0 Å². The molecule has 1 atom stereocenters. The number of hydrogen-bond donors (Lipinski definition) is 0. The Bertz CT molecular complexity index is 419. The zero-order valence-corrected chi connectivity index (χ0v) is 11.6. The van der Waals surface area contributed by atoms with E-state index in [0.29, 0.717) is 5.88 Å². The molecule has 18 heavy (non-hydrogen) atoms. The first kappa shape index (κ1) is 13.4. The number of hydrogen-bond acceptors (Lipinski definition) is 1. The van der Waals surface area contributed by atoms with Crippen molar-refractivity contribution >= 4 is 17.5 Å². The number of amides is 1. The molecule has 1 aromatic carbocycles. The van der Waals surface area contributed by atoms with Gasteiger partial charge in [-0.3, -0.25) is 4.79 Å².